The molecule has 0 saturated heterocycles. The Balaban J connectivity index is 1.78. The average molecular weight is 609 g/mol. The number of nitrogens with zero attached hydrogens (tertiary/aromatic N) is 1. The van der Waals surface area contributed by atoms with E-state index in [0.29, 0.717) is 28.2 Å². The van der Waals surface area contributed by atoms with Gasteiger partial charge in [-0.1, -0.05) is 28.1 Å². The molecule has 3 rings (SSSR count). The number of carbonyl (C=O) groups is 2. The molecule has 3 aromatic carbocycles. The van der Waals surface area contributed by atoms with Gasteiger partial charge in [0.2, 0.25) is 0 Å². The molecule has 0 unspecified atom stereocenters. The number of nitrogens with one attached hydrogen (secondary N) is 1. The highest BCUT2D eigenvalue weighted by molar-refractivity contribution is 14.1. The summed E-state index contributed by atoms with van der Waals surface area (Å²) in [5.41, 5.74) is 3.79. The van der Waals surface area contributed by atoms with Gasteiger partial charge in [0.15, 0.2) is 11.5 Å². The zero-order chi connectivity index (χ0) is 23.1. The SMILES string of the molecule is COc1ccc(C(=O)Oc2ccc(Br)cc2/C=N\NC(=O)c2ccccc2I)cc1OC. The third-order valence-corrected chi connectivity index (χ3v) is 5.72. The third kappa shape index (κ3) is 5.86. The first-order valence-electron chi connectivity index (χ1n) is 9.24. The minimum Gasteiger partial charge on any atom is -0.493 e. The number of methoxy groups -OCH3 is 2. The molecule has 32 heavy (non-hydrogen) atoms. The Morgan fingerprint density at radius 2 is 1.69 bits per heavy atom. The predicted molar refractivity (Wildman–Crippen MR) is 133 cm³/mol. The molecule has 0 atom stereocenters. The number of ether oxygens (including phenoxy) is 3. The molecule has 3 aromatic rings. The van der Waals surface area contributed by atoms with Crippen molar-refractivity contribution >= 4 is 56.6 Å². The summed E-state index contributed by atoms with van der Waals surface area (Å²) in [6.45, 7) is 0. The predicted octanol–water partition coefficient (Wildman–Crippen LogP) is 5.05. The van der Waals surface area contributed by atoms with E-state index in [1.807, 2.05) is 12.1 Å². The second kappa shape index (κ2) is 11.1. The van der Waals surface area contributed by atoms with Gasteiger partial charge in [-0.2, -0.15) is 5.10 Å². The number of rotatable bonds is 7. The average Bonchev–Trinajstić information content (AvgIpc) is 2.80. The minimum atomic E-state index is -0.578. The van der Waals surface area contributed by atoms with Crippen LogP contribution in [0.5, 0.6) is 17.2 Å². The normalized spacial score (nSPS) is 10.6. The summed E-state index contributed by atoms with van der Waals surface area (Å²) >= 11 is 5.47. The van der Waals surface area contributed by atoms with E-state index in [9.17, 15) is 9.59 Å². The second-order valence-corrected chi connectivity index (χ2v) is 8.40. The van der Waals surface area contributed by atoms with Crippen LogP contribution in [-0.4, -0.2) is 32.3 Å². The van der Waals surface area contributed by atoms with Crippen LogP contribution in [0.25, 0.3) is 0 Å². The highest BCUT2D eigenvalue weighted by Crippen LogP contribution is 2.29. The molecule has 0 saturated carbocycles. The third-order valence-electron chi connectivity index (χ3n) is 4.28. The van der Waals surface area contributed by atoms with Gasteiger partial charge in [-0.15, -0.1) is 0 Å². The Morgan fingerprint density at radius 3 is 2.41 bits per heavy atom. The molecule has 164 valence electrons. The van der Waals surface area contributed by atoms with Gasteiger partial charge in [-0.3, -0.25) is 4.79 Å². The number of hydrogen-bond acceptors (Lipinski definition) is 6. The Labute approximate surface area is 207 Å². The van der Waals surface area contributed by atoms with Crippen molar-refractivity contribution in [2.45, 2.75) is 0 Å². The van der Waals surface area contributed by atoms with Crippen molar-refractivity contribution in [1.82, 2.24) is 5.43 Å². The lowest BCUT2D eigenvalue weighted by atomic mass is 10.2. The van der Waals surface area contributed by atoms with Crippen molar-refractivity contribution < 1.29 is 23.8 Å². The van der Waals surface area contributed by atoms with Crippen molar-refractivity contribution in [3.63, 3.8) is 0 Å². The molecule has 9 heteroatoms. The fraction of sp³-hybridized carbons (Fsp3) is 0.0870. The summed E-state index contributed by atoms with van der Waals surface area (Å²) in [6, 6.07) is 17.0. The van der Waals surface area contributed by atoms with Crippen molar-refractivity contribution in [1.29, 1.82) is 0 Å². The first kappa shape index (κ1) is 23.7. The highest BCUT2D eigenvalue weighted by atomic mass is 127. The number of halogens is 2. The summed E-state index contributed by atoms with van der Waals surface area (Å²) < 4.78 is 17.6. The van der Waals surface area contributed by atoms with Crippen molar-refractivity contribution in [3.8, 4) is 17.2 Å². The molecular formula is C23H18BrIN2O5. The molecule has 0 spiro atoms. The van der Waals surface area contributed by atoms with Gasteiger partial charge in [-0.25, -0.2) is 10.2 Å². The van der Waals surface area contributed by atoms with Crippen LogP contribution >= 0.6 is 38.5 Å². The van der Waals surface area contributed by atoms with E-state index in [0.717, 1.165) is 8.04 Å². The van der Waals surface area contributed by atoms with Crippen molar-refractivity contribution in [2.24, 2.45) is 5.10 Å². The van der Waals surface area contributed by atoms with Crippen molar-refractivity contribution in [3.05, 3.63) is 85.4 Å². The molecular weight excluding hydrogens is 591 g/mol. The largest absolute Gasteiger partial charge is 0.493 e. The van der Waals surface area contributed by atoms with E-state index >= 15 is 0 Å². The number of esters is 1. The molecule has 7 nitrogen and oxygen atoms in total. The number of hydrogen-bond donors (Lipinski definition) is 1. The van der Waals surface area contributed by atoms with Crippen LogP contribution in [0.4, 0.5) is 0 Å². The fourth-order valence-corrected chi connectivity index (χ4v) is 3.71. The first-order chi connectivity index (χ1) is 15.4. The summed E-state index contributed by atoms with van der Waals surface area (Å²) in [6.07, 6.45) is 1.41. The molecule has 0 aliphatic heterocycles. The Hall–Kier alpha value is -2.92. The molecule has 1 amide bonds. The lowest BCUT2D eigenvalue weighted by Gasteiger charge is -2.11. The van der Waals surface area contributed by atoms with E-state index in [2.05, 4.69) is 49.0 Å². The first-order valence-corrected chi connectivity index (χ1v) is 11.1. The van der Waals surface area contributed by atoms with E-state index in [4.69, 9.17) is 14.2 Å². The zero-order valence-corrected chi connectivity index (χ0v) is 20.8. The van der Waals surface area contributed by atoms with Crippen LogP contribution in [0, 0.1) is 3.57 Å². The maximum atomic E-state index is 12.7. The van der Waals surface area contributed by atoms with Crippen LogP contribution in [-0.2, 0) is 0 Å². The summed E-state index contributed by atoms with van der Waals surface area (Å²) in [4.78, 5) is 25.0. The zero-order valence-electron chi connectivity index (χ0n) is 17.1. The van der Waals surface area contributed by atoms with E-state index in [1.165, 1.54) is 26.5 Å². The summed E-state index contributed by atoms with van der Waals surface area (Å²) in [5, 5.41) is 4.01. The van der Waals surface area contributed by atoms with Crippen LogP contribution < -0.4 is 19.6 Å². The van der Waals surface area contributed by atoms with Gasteiger partial charge in [0.1, 0.15) is 5.75 Å². The number of benzene rings is 3. The minimum absolute atomic E-state index is 0.278. The number of amides is 1. The molecule has 0 radical (unpaired) electrons. The van der Waals surface area contributed by atoms with Gasteiger partial charge >= 0.3 is 5.97 Å². The van der Waals surface area contributed by atoms with Gasteiger partial charge in [0, 0.05) is 13.6 Å². The van der Waals surface area contributed by atoms with Crippen LogP contribution in [0.15, 0.2) is 70.2 Å². The smallest absolute Gasteiger partial charge is 0.343 e. The van der Waals surface area contributed by atoms with Crippen molar-refractivity contribution in [2.75, 3.05) is 14.2 Å². The van der Waals surface area contributed by atoms with E-state index in [-0.39, 0.29) is 11.7 Å². The van der Waals surface area contributed by atoms with Gasteiger partial charge < -0.3 is 14.2 Å². The van der Waals surface area contributed by atoms with E-state index < -0.39 is 5.97 Å². The number of hydrazone groups is 1. The second-order valence-electron chi connectivity index (χ2n) is 6.32. The summed E-state index contributed by atoms with van der Waals surface area (Å²) in [7, 11) is 3.00. The summed E-state index contributed by atoms with van der Waals surface area (Å²) in [5.74, 6) is 0.276. The standard InChI is InChI=1S/C23H18BrIN2O5/c1-30-20-9-7-14(12-21(20)31-2)23(29)32-19-10-8-16(24)11-15(19)13-26-27-22(28)17-5-3-4-6-18(17)25/h3-13H,1-2H3,(H,27,28)/b26-13-. The maximum Gasteiger partial charge on any atom is 0.343 e. The molecule has 0 aromatic heterocycles. The molecule has 0 fully saturated rings. The molecule has 0 heterocycles. The van der Waals surface area contributed by atoms with Crippen LogP contribution in [0.1, 0.15) is 26.3 Å². The highest BCUT2D eigenvalue weighted by Gasteiger charge is 2.15. The van der Waals surface area contributed by atoms with Gasteiger partial charge in [-0.05, 0) is 71.1 Å². The maximum absolute atomic E-state index is 12.7. The monoisotopic (exact) mass is 608 g/mol. The Bertz CT molecular complexity index is 1180. The number of carbonyl (C=O) groups excluding carboxylic acids is 2. The fourth-order valence-electron chi connectivity index (χ4n) is 2.70. The van der Waals surface area contributed by atoms with Crippen LogP contribution in [0.3, 0.4) is 0 Å². The van der Waals surface area contributed by atoms with Gasteiger partial charge in [0.25, 0.3) is 5.91 Å². The Kier molecular flexibility index (Phi) is 8.23. The molecule has 0 aliphatic carbocycles. The molecule has 0 bridgehead atoms. The van der Waals surface area contributed by atoms with Gasteiger partial charge in [0.05, 0.1) is 31.6 Å². The quantitative estimate of drug-likeness (QED) is 0.133. The van der Waals surface area contributed by atoms with E-state index in [1.54, 1.807) is 42.5 Å². The van der Waals surface area contributed by atoms with Crippen LogP contribution in [0.2, 0.25) is 0 Å². The molecule has 1 N–H and O–H groups in total. The topological polar surface area (TPSA) is 86.2 Å². The Morgan fingerprint density at radius 1 is 0.969 bits per heavy atom. The lowest BCUT2D eigenvalue weighted by molar-refractivity contribution is 0.0733. The lowest BCUT2D eigenvalue weighted by Crippen LogP contribution is -2.18. The molecule has 0 aliphatic rings.